The lowest BCUT2D eigenvalue weighted by Gasteiger charge is -2.07. The van der Waals surface area contributed by atoms with E-state index in [1.807, 2.05) is 6.92 Å². The van der Waals surface area contributed by atoms with Gasteiger partial charge in [0.2, 0.25) is 0 Å². The molecule has 0 fully saturated rings. The standard InChI is InChI=1S/C17H12N4O2S2/c1-9-19-16(15-12-3-2-4-14(12)25-17(15)20-9)24-13-6-5-11(21(22)23)7-10(13)8-18/h5-7H,2-4H2,1H3. The predicted molar refractivity (Wildman–Crippen MR) is 96.1 cm³/mol. The maximum atomic E-state index is 10.9. The molecule has 3 aromatic rings. The molecule has 0 N–H and O–H groups in total. The molecule has 0 radical (unpaired) electrons. The largest absolute Gasteiger partial charge is 0.270 e. The third-order valence-electron chi connectivity index (χ3n) is 4.14. The van der Waals surface area contributed by atoms with Gasteiger partial charge in [-0.2, -0.15) is 5.26 Å². The summed E-state index contributed by atoms with van der Waals surface area (Å²) in [6, 6.07) is 6.41. The van der Waals surface area contributed by atoms with E-state index < -0.39 is 4.92 Å². The van der Waals surface area contributed by atoms with Crippen molar-refractivity contribution in [3.8, 4) is 6.07 Å². The second kappa shape index (κ2) is 6.10. The minimum Gasteiger partial charge on any atom is -0.258 e. The van der Waals surface area contributed by atoms with Gasteiger partial charge in [0.05, 0.1) is 10.5 Å². The molecule has 0 aliphatic heterocycles. The van der Waals surface area contributed by atoms with E-state index in [9.17, 15) is 15.4 Å². The Morgan fingerprint density at radius 3 is 2.96 bits per heavy atom. The maximum absolute atomic E-state index is 10.9. The average Bonchev–Trinajstić information content (AvgIpc) is 3.15. The zero-order valence-corrected chi connectivity index (χ0v) is 14.9. The van der Waals surface area contributed by atoms with Gasteiger partial charge in [-0.1, -0.05) is 11.8 Å². The highest BCUT2D eigenvalue weighted by Gasteiger charge is 2.23. The lowest BCUT2D eigenvalue weighted by molar-refractivity contribution is -0.384. The number of benzene rings is 1. The number of fused-ring (bicyclic) bond motifs is 3. The summed E-state index contributed by atoms with van der Waals surface area (Å²) in [6.07, 6.45) is 3.26. The van der Waals surface area contributed by atoms with Gasteiger partial charge < -0.3 is 0 Å². The van der Waals surface area contributed by atoms with Crippen LogP contribution in [0.4, 0.5) is 5.69 Å². The molecule has 1 aromatic carbocycles. The molecule has 0 atom stereocenters. The first kappa shape index (κ1) is 16.0. The monoisotopic (exact) mass is 368 g/mol. The van der Waals surface area contributed by atoms with Crippen molar-refractivity contribution in [3.05, 3.63) is 50.1 Å². The molecule has 2 aromatic heterocycles. The second-order valence-corrected chi connectivity index (χ2v) is 7.88. The first-order valence-electron chi connectivity index (χ1n) is 7.72. The number of thiophene rings is 1. The van der Waals surface area contributed by atoms with Gasteiger partial charge in [0, 0.05) is 27.3 Å². The predicted octanol–water partition coefficient (Wildman–Crippen LogP) is 4.42. The zero-order chi connectivity index (χ0) is 17.6. The van der Waals surface area contributed by atoms with Gasteiger partial charge in [0.1, 0.15) is 21.7 Å². The summed E-state index contributed by atoms with van der Waals surface area (Å²) >= 11 is 3.11. The molecular weight excluding hydrogens is 356 g/mol. The van der Waals surface area contributed by atoms with Crippen LogP contribution in [0.25, 0.3) is 10.2 Å². The van der Waals surface area contributed by atoms with Crippen LogP contribution in [0.1, 0.15) is 28.2 Å². The summed E-state index contributed by atoms with van der Waals surface area (Å²) in [4.78, 5) is 22.6. The van der Waals surface area contributed by atoms with Gasteiger partial charge >= 0.3 is 0 Å². The summed E-state index contributed by atoms with van der Waals surface area (Å²) in [5, 5.41) is 22.2. The van der Waals surface area contributed by atoms with Gasteiger partial charge in [-0.3, -0.25) is 10.1 Å². The number of non-ortho nitro benzene ring substituents is 1. The molecule has 4 rings (SSSR count). The highest BCUT2D eigenvalue weighted by Crippen LogP contribution is 2.42. The highest BCUT2D eigenvalue weighted by atomic mass is 32.2. The Hall–Kier alpha value is -2.50. The zero-order valence-electron chi connectivity index (χ0n) is 13.3. The number of hydrogen-bond donors (Lipinski definition) is 0. The summed E-state index contributed by atoms with van der Waals surface area (Å²) in [6.45, 7) is 1.86. The number of nitro benzene ring substituents is 1. The number of rotatable bonds is 3. The Balaban J connectivity index is 1.84. The molecule has 25 heavy (non-hydrogen) atoms. The fraction of sp³-hybridized carbons (Fsp3) is 0.235. The van der Waals surface area contributed by atoms with E-state index in [2.05, 4.69) is 16.0 Å². The quantitative estimate of drug-likeness (QED) is 0.386. The molecule has 1 aliphatic rings. The van der Waals surface area contributed by atoms with E-state index in [1.165, 1.54) is 34.3 Å². The minimum absolute atomic E-state index is 0.0821. The Morgan fingerprint density at radius 2 is 2.20 bits per heavy atom. The summed E-state index contributed by atoms with van der Waals surface area (Å²) in [5.74, 6) is 0.690. The van der Waals surface area contributed by atoms with Crippen LogP contribution in [-0.4, -0.2) is 14.9 Å². The Bertz CT molecular complexity index is 1070. The van der Waals surface area contributed by atoms with E-state index in [-0.39, 0.29) is 11.3 Å². The van der Waals surface area contributed by atoms with Crippen LogP contribution in [0.3, 0.4) is 0 Å². The van der Waals surface area contributed by atoms with Gasteiger partial charge in [-0.05, 0) is 37.8 Å². The third kappa shape index (κ3) is 2.75. The topological polar surface area (TPSA) is 92.7 Å². The first-order chi connectivity index (χ1) is 12.1. The van der Waals surface area contributed by atoms with E-state index in [1.54, 1.807) is 17.4 Å². The number of nitriles is 1. The molecule has 8 heteroatoms. The number of nitro groups is 1. The van der Waals surface area contributed by atoms with Crippen molar-refractivity contribution in [3.63, 3.8) is 0 Å². The van der Waals surface area contributed by atoms with Crippen LogP contribution in [-0.2, 0) is 12.8 Å². The first-order valence-corrected chi connectivity index (χ1v) is 9.35. The molecular formula is C17H12N4O2S2. The van der Waals surface area contributed by atoms with Gasteiger partial charge in [-0.25, -0.2) is 9.97 Å². The van der Waals surface area contributed by atoms with Gasteiger partial charge in [0.25, 0.3) is 5.69 Å². The molecule has 0 amide bonds. The third-order valence-corrected chi connectivity index (χ3v) is 6.39. The van der Waals surface area contributed by atoms with E-state index in [0.717, 1.165) is 34.5 Å². The van der Waals surface area contributed by atoms with Crippen molar-refractivity contribution in [1.82, 2.24) is 9.97 Å². The molecule has 0 bridgehead atoms. The number of aryl methyl sites for hydroxylation is 3. The Kier molecular flexibility index (Phi) is 3.90. The molecule has 2 heterocycles. The average molecular weight is 368 g/mol. The van der Waals surface area contributed by atoms with Crippen LogP contribution in [0.2, 0.25) is 0 Å². The van der Waals surface area contributed by atoms with Crippen molar-refractivity contribution in [2.24, 2.45) is 0 Å². The molecule has 0 unspecified atom stereocenters. The van der Waals surface area contributed by atoms with E-state index >= 15 is 0 Å². The lowest BCUT2D eigenvalue weighted by Crippen LogP contribution is -1.94. The van der Waals surface area contributed by atoms with Crippen LogP contribution in [0.5, 0.6) is 0 Å². The van der Waals surface area contributed by atoms with Crippen molar-refractivity contribution in [2.75, 3.05) is 0 Å². The molecule has 0 saturated carbocycles. The van der Waals surface area contributed by atoms with Crippen molar-refractivity contribution >= 4 is 39.0 Å². The fourth-order valence-electron chi connectivity index (χ4n) is 3.05. The maximum Gasteiger partial charge on any atom is 0.270 e. The van der Waals surface area contributed by atoms with Crippen molar-refractivity contribution in [2.45, 2.75) is 36.1 Å². The molecule has 124 valence electrons. The summed E-state index contributed by atoms with van der Waals surface area (Å²) in [7, 11) is 0. The number of hydrogen-bond acceptors (Lipinski definition) is 7. The van der Waals surface area contributed by atoms with Crippen LogP contribution in [0.15, 0.2) is 28.1 Å². The van der Waals surface area contributed by atoms with Crippen LogP contribution < -0.4 is 0 Å². The second-order valence-electron chi connectivity index (χ2n) is 5.76. The molecule has 0 saturated heterocycles. The van der Waals surface area contributed by atoms with E-state index in [0.29, 0.717) is 10.7 Å². The van der Waals surface area contributed by atoms with Crippen LogP contribution in [0, 0.1) is 28.4 Å². The number of nitrogens with zero attached hydrogens (tertiary/aromatic N) is 4. The fourth-order valence-corrected chi connectivity index (χ4v) is 5.48. The van der Waals surface area contributed by atoms with Gasteiger partial charge in [-0.15, -0.1) is 11.3 Å². The van der Waals surface area contributed by atoms with Gasteiger partial charge in [0.15, 0.2) is 0 Å². The van der Waals surface area contributed by atoms with Crippen LogP contribution >= 0.6 is 23.1 Å². The van der Waals surface area contributed by atoms with E-state index in [4.69, 9.17) is 0 Å². The van der Waals surface area contributed by atoms with Crippen molar-refractivity contribution in [1.29, 1.82) is 5.26 Å². The normalized spacial score (nSPS) is 13.0. The molecule has 0 spiro atoms. The Labute approximate surface area is 151 Å². The summed E-state index contributed by atoms with van der Waals surface area (Å²) in [5.41, 5.74) is 1.53. The summed E-state index contributed by atoms with van der Waals surface area (Å²) < 4.78 is 0. The Morgan fingerprint density at radius 1 is 1.36 bits per heavy atom. The number of aromatic nitrogens is 2. The SMILES string of the molecule is Cc1nc(Sc2ccc([N+](=O)[O-])cc2C#N)c2c3c(sc2n1)CCC3. The van der Waals surface area contributed by atoms with Crippen molar-refractivity contribution < 1.29 is 4.92 Å². The highest BCUT2D eigenvalue weighted by molar-refractivity contribution is 7.99. The molecule has 6 nitrogen and oxygen atoms in total. The molecule has 1 aliphatic carbocycles. The smallest absolute Gasteiger partial charge is 0.258 e. The lowest BCUT2D eigenvalue weighted by atomic mass is 10.2. The minimum atomic E-state index is -0.492.